The number of ether oxygens (including phenoxy) is 2. The molecule has 142 valence electrons. The molecular weight excluding hydrogens is 360 g/mol. The van der Waals surface area contributed by atoms with E-state index in [0.29, 0.717) is 0 Å². The predicted octanol–water partition coefficient (Wildman–Crippen LogP) is 2.32. The van der Waals surface area contributed by atoms with Crippen LogP contribution in [0.5, 0.6) is 5.75 Å². The van der Waals surface area contributed by atoms with Crippen LogP contribution in [-0.2, 0) is 9.53 Å². The molecule has 1 rings (SSSR count). The summed E-state index contributed by atoms with van der Waals surface area (Å²) >= 11 is 0. The molecule has 6 nitrogen and oxygen atoms in total. The molecule has 26 heavy (non-hydrogen) atoms. The van der Waals surface area contributed by atoms with Crippen molar-refractivity contribution in [2.45, 2.75) is 13.0 Å². The van der Waals surface area contributed by atoms with Gasteiger partial charge in [-0.05, 0) is 13.0 Å². The van der Waals surface area contributed by atoms with Crippen LogP contribution in [0, 0.1) is 22.9 Å². The number of benzene rings is 1. The summed E-state index contributed by atoms with van der Waals surface area (Å²) in [5, 5.41) is 9.18. The molecule has 0 aliphatic carbocycles. The quantitative estimate of drug-likeness (QED) is 0.101. The molecule has 0 aromatic heterocycles. The fraction of sp³-hybridized carbons (Fsp3) is 0.312. The Morgan fingerprint density at radius 3 is 2.50 bits per heavy atom. The van der Waals surface area contributed by atoms with Crippen molar-refractivity contribution in [2.24, 2.45) is 0 Å². The lowest BCUT2D eigenvalue weighted by molar-refractivity contribution is -0.136. The summed E-state index contributed by atoms with van der Waals surface area (Å²) in [6.45, 7) is 0.0647. The van der Waals surface area contributed by atoms with Crippen molar-refractivity contribution in [1.29, 1.82) is 5.41 Å². The third-order valence-corrected chi connectivity index (χ3v) is 3.07. The molecule has 1 aromatic carbocycles. The molecule has 0 saturated heterocycles. The number of methoxy groups -OCH3 is 1. The van der Waals surface area contributed by atoms with E-state index in [-0.39, 0.29) is 6.07 Å². The van der Waals surface area contributed by atoms with Crippen LogP contribution in [0.3, 0.4) is 0 Å². The van der Waals surface area contributed by atoms with Gasteiger partial charge in [-0.25, -0.2) is 18.0 Å². The second-order valence-corrected chi connectivity index (χ2v) is 4.98. The van der Waals surface area contributed by atoms with Crippen LogP contribution in [0.2, 0.25) is 0 Å². The second-order valence-electron chi connectivity index (χ2n) is 4.98. The molecule has 0 bridgehead atoms. The Morgan fingerprint density at radius 1 is 1.31 bits per heavy atom. The van der Waals surface area contributed by atoms with E-state index in [2.05, 4.69) is 14.8 Å². The monoisotopic (exact) mass is 376 g/mol. The van der Waals surface area contributed by atoms with E-state index in [4.69, 9.17) is 5.41 Å². The van der Waals surface area contributed by atoms with Crippen molar-refractivity contribution >= 4 is 18.0 Å². The number of rotatable bonds is 9. The van der Waals surface area contributed by atoms with Gasteiger partial charge in [0, 0.05) is 12.4 Å². The number of halogens is 4. The smallest absolute Gasteiger partial charge is 0.344 e. The first-order valence-corrected chi connectivity index (χ1v) is 7.22. The maximum Gasteiger partial charge on any atom is 0.344 e. The summed E-state index contributed by atoms with van der Waals surface area (Å²) in [5.74, 6) is -8.45. The fourth-order valence-corrected chi connectivity index (χ4v) is 1.75. The molecule has 0 amide bonds. The van der Waals surface area contributed by atoms with Gasteiger partial charge in [0.15, 0.2) is 17.4 Å². The van der Waals surface area contributed by atoms with E-state index >= 15 is 0 Å². The lowest BCUT2D eigenvalue weighted by Crippen LogP contribution is -2.27. The van der Waals surface area contributed by atoms with Crippen molar-refractivity contribution in [3.05, 3.63) is 40.9 Å². The minimum atomic E-state index is -1.64. The van der Waals surface area contributed by atoms with Crippen molar-refractivity contribution in [3.63, 3.8) is 0 Å². The van der Waals surface area contributed by atoms with Crippen molar-refractivity contribution in [2.75, 3.05) is 20.4 Å². The van der Waals surface area contributed by atoms with Crippen molar-refractivity contribution < 1.29 is 36.6 Å². The lowest BCUT2D eigenvalue weighted by atomic mass is 10.0. The molecule has 0 aliphatic heterocycles. The van der Waals surface area contributed by atoms with Crippen LogP contribution in [0.15, 0.2) is 17.8 Å². The normalized spacial score (nSPS) is 12.3. The number of esters is 1. The van der Waals surface area contributed by atoms with Crippen LogP contribution >= 0.6 is 0 Å². The zero-order valence-corrected chi connectivity index (χ0v) is 13.9. The Kier molecular flexibility index (Phi) is 7.76. The van der Waals surface area contributed by atoms with Gasteiger partial charge in [-0.1, -0.05) is 0 Å². The van der Waals surface area contributed by atoms with Crippen LogP contribution in [-0.4, -0.2) is 44.4 Å². The average molecular weight is 376 g/mol. The van der Waals surface area contributed by atoms with E-state index in [1.165, 1.54) is 6.92 Å². The van der Waals surface area contributed by atoms with Gasteiger partial charge in [0.25, 0.3) is 0 Å². The van der Waals surface area contributed by atoms with Crippen LogP contribution in [0.1, 0.15) is 17.3 Å². The van der Waals surface area contributed by atoms with Gasteiger partial charge in [0.05, 0.1) is 18.7 Å². The largest absolute Gasteiger partial charge is 0.491 e. The topological polar surface area (TPSA) is 88.5 Å². The second kappa shape index (κ2) is 9.54. The highest BCUT2D eigenvalue weighted by atomic mass is 19.2. The minimum absolute atomic E-state index is 0.270. The zero-order chi connectivity index (χ0) is 19.9. The van der Waals surface area contributed by atoms with E-state index in [0.717, 1.165) is 19.5 Å². The predicted molar refractivity (Wildman–Crippen MR) is 83.6 cm³/mol. The maximum absolute atomic E-state index is 14.3. The Hall–Kier alpha value is -2.91. The minimum Gasteiger partial charge on any atom is -0.491 e. The average Bonchev–Trinajstić information content (AvgIpc) is 2.63. The van der Waals surface area contributed by atoms with Crippen LogP contribution < -0.4 is 10.1 Å². The molecule has 2 N–H and O–H groups in total. The number of hydrogen-bond donors (Lipinski definition) is 2. The highest BCUT2D eigenvalue weighted by molar-refractivity contribution is 6.24. The third-order valence-electron chi connectivity index (χ3n) is 3.07. The van der Waals surface area contributed by atoms with Crippen LogP contribution in [0.4, 0.5) is 17.6 Å². The first-order valence-electron chi connectivity index (χ1n) is 7.22. The molecule has 0 fully saturated rings. The SMILES string of the molecule is COc1c(F)c(F)cc(C(=O)C(=CNC(C)CF)C(=O)OCC=N)c1F. The molecule has 0 heterocycles. The molecule has 0 spiro atoms. The Balaban J connectivity index is 3.38. The summed E-state index contributed by atoms with van der Waals surface area (Å²) in [6.07, 6.45) is 1.50. The number of carbonyl (C=O) groups is 2. The summed E-state index contributed by atoms with van der Waals surface area (Å²) in [6, 6.07) is -0.524. The Labute approximate surface area is 146 Å². The highest BCUT2D eigenvalue weighted by Crippen LogP contribution is 2.28. The first kappa shape index (κ1) is 21.1. The van der Waals surface area contributed by atoms with E-state index in [1.807, 2.05) is 0 Å². The highest BCUT2D eigenvalue weighted by Gasteiger charge is 2.29. The maximum atomic E-state index is 14.3. The molecule has 1 unspecified atom stereocenters. The van der Waals surface area contributed by atoms with E-state index in [9.17, 15) is 27.2 Å². The number of ketones is 1. The molecule has 0 saturated carbocycles. The number of hydrogen-bond acceptors (Lipinski definition) is 6. The molecule has 0 aliphatic rings. The summed E-state index contributed by atoms with van der Waals surface area (Å²) in [4.78, 5) is 24.4. The molecule has 1 atom stereocenters. The third kappa shape index (κ3) is 4.80. The fourth-order valence-electron chi connectivity index (χ4n) is 1.75. The zero-order valence-electron chi connectivity index (χ0n) is 13.9. The molecule has 0 radical (unpaired) electrons. The van der Waals surface area contributed by atoms with Crippen LogP contribution in [0.25, 0.3) is 0 Å². The van der Waals surface area contributed by atoms with Gasteiger partial charge in [0.1, 0.15) is 18.9 Å². The summed E-state index contributed by atoms with van der Waals surface area (Å²) < 4.78 is 62.9. The van der Waals surface area contributed by atoms with Gasteiger partial charge in [-0.2, -0.15) is 4.39 Å². The number of carbonyl (C=O) groups excluding carboxylic acids is 2. The Morgan fingerprint density at radius 2 is 1.96 bits per heavy atom. The molecule has 1 aromatic rings. The Bertz CT molecular complexity index is 737. The summed E-state index contributed by atoms with van der Waals surface area (Å²) in [7, 11) is 0.870. The van der Waals surface area contributed by atoms with E-state index in [1.54, 1.807) is 0 Å². The number of nitrogens with one attached hydrogen (secondary N) is 2. The number of Topliss-reactive ketones (excluding diaryl/α,β-unsaturated/α-hetero) is 1. The van der Waals surface area contributed by atoms with Crippen molar-refractivity contribution in [1.82, 2.24) is 5.32 Å². The van der Waals surface area contributed by atoms with Gasteiger partial charge in [-0.15, -0.1) is 0 Å². The van der Waals surface area contributed by atoms with Gasteiger partial charge in [0.2, 0.25) is 11.6 Å². The number of alkyl halides is 1. The lowest BCUT2D eigenvalue weighted by Gasteiger charge is -2.12. The van der Waals surface area contributed by atoms with E-state index < -0.39 is 65.4 Å². The standard InChI is InChI=1S/C16H16F4N2O4/c1-8(6-17)22-7-10(16(24)26-4-3-21)14(23)9-5-11(18)13(20)15(25-2)12(9)19/h3,5,7-8,21-22H,4,6H2,1-2H3. The summed E-state index contributed by atoms with van der Waals surface area (Å²) in [5.41, 5.74) is -1.77. The van der Waals surface area contributed by atoms with Gasteiger partial charge >= 0.3 is 5.97 Å². The van der Waals surface area contributed by atoms with Crippen molar-refractivity contribution in [3.8, 4) is 5.75 Å². The molecular formula is C16H16F4N2O4. The molecule has 10 heteroatoms. The van der Waals surface area contributed by atoms with Gasteiger partial charge < -0.3 is 20.2 Å². The van der Waals surface area contributed by atoms with Gasteiger partial charge in [-0.3, -0.25) is 4.79 Å². The first-order chi connectivity index (χ1) is 12.3.